The Kier molecular flexibility index (Phi) is 8.79. The first-order valence-electron chi connectivity index (χ1n) is 10.4. The number of aromatic hydroxyl groups is 1. The third-order valence-corrected chi connectivity index (χ3v) is 5.58. The number of oxime groups is 1. The lowest BCUT2D eigenvalue weighted by Crippen LogP contribution is -2.49. The number of alkyl carbamates (subject to hydrolysis) is 1. The lowest BCUT2D eigenvalue weighted by molar-refractivity contribution is -0.123. The fourth-order valence-electron chi connectivity index (χ4n) is 3.09. The minimum Gasteiger partial charge on any atom is -0.508 e. The normalized spacial score (nSPS) is 15.9. The molecule has 9 heteroatoms. The fraction of sp³-hybridized carbons (Fsp3) is 0.348. The summed E-state index contributed by atoms with van der Waals surface area (Å²) >= 11 is 1.62. The first-order chi connectivity index (χ1) is 15.5. The topological polar surface area (TPSA) is 109 Å². The van der Waals surface area contributed by atoms with E-state index in [2.05, 4.69) is 15.8 Å². The van der Waals surface area contributed by atoms with Gasteiger partial charge in [-0.1, -0.05) is 54.5 Å². The van der Waals surface area contributed by atoms with Crippen LogP contribution in [0.1, 0.15) is 24.5 Å². The first-order valence-corrected chi connectivity index (χ1v) is 11.4. The SMILES string of the molecule is CCSC1=NOC(CNC(=O)[C@H](Cc2ccc(O)cc2)NC(=O)OCc2ccccc2)C1. The Morgan fingerprint density at radius 3 is 2.66 bits per heavy atom. The zero-order chi connectivity index (χ0) is 22.8. The molecule has 0 fully saturated rings. The van der Waals surface area contributed by atoms with E-state index in [9.17, 15) is 14.7 Å². The van der Waals surface area contributed by atoms with Crippen LogP contribution in [0.2, 0.25) is 0 Å². The molecule has 170 valence electrons. The number of hydrogen-bond acceptors (Lipinski definition) is 7. The molecule has 8 nitrogen and oxygen atoms in total. The lowest BCUT2D eigenvalue weighted by atomic mass is 10.0. The Labute approximate surface area is 191 Å². The minimum absolute atomic E-state index is 0.103. The molecule has 3 rings (SSSR count). The Morgan fingerprint density at radius 2 is 1.94 bits per heavy atom. The maximum Gasteiger partial charge on any atom is 0.408 e. The second-order valence-corrected chi connectivity index (χ2v) is 8.56. The van der Waals surface area contributed by atoms with Crippen molar-refractivity contribution < 1.29 is 24.3 Å². The van der Waals surface area contributed by atoms with Crippen molar-refractivity contribution in [2.24, 2.45) is 5.16 Å². The number of rotatable bonds is 9. The van der Waals surface area contributed by atoms with Crippen molar-refractivity contribution in [1.29, 1.82) is 0 Å². The van der Waals surface area contributed by atoms with Crippen LogP contribution in [0.4, 0.5) is 4.79 Å². The van der Waals surface area contributed by atoms with Crippen molar-refractivity contribution in [3.05, 3.63) is 65.7 Å². The summed E-state index contributed by atoms with van der Waals surface area (Å²) in [7, 11) is 0. The van der Waals surface area contributed by atoms with Crippen molar-refractivity contribution in [2.45, 2.75) is 38.5 Å². The molecule has 2 atom stereocenters. The van der Waals surface area contributed by atoms with Crippen LogP contribution in [-0.4, -0.2) is 46.6 Å². The number of amides is 2. The number of nitrogens with zero attached hydrogens (tertiary/aromatic N) is 1. The summed E-state index contributed by atoms with van der Waals surface area (Å²) < 4.78 is 5.27. The molecule has 0 saturated heterocycles. The monoisotopic (exact) mass is 457 g/mol. The van der Waals surface area contributed by atoms with Gasteiger partial charge in [0.2, 0.25) is 5.91 Å². The highest BCUT2D eigenvalue weighted by Gasteiger charge is 2.26. The van der Waals surface area contributed by atoms with Crippen molar-refractivity contribution in [2.75, 3.05) is 12.3 Å². The highest BCUT2D eigenvalue weighted by Crippen LogP contribution is 2.18. The number of benzene rings is 2. The van der Waals surface area contributed by atoms with Crippen LogP contribution < -0.4 is 10.6 Å². The summed E-state index contributed by atoms with van der Waals surface area (Å²) in [6.45, 7) is 2.42. The summed E-state index contributed by atoms with van der Waals surface area (Å²) in [5.74, 6) is 0.685. The standard InChI is InChI=1S/C23H27N3O5S/c1-2-32-21-13-19(31-26-21)14-24-22(28)20(12-16-8-10-18(27)11-9-16)25-23(29)30-15-17-6-4-3-5-7-17/h3-11,19-20,27H,2,12-15H2,1H3,(H,24,28)(H,25,29)/t19?,20-/m0/s1. The summed E-state index contributed by atoms with van der Waals surface area (Å²) in [6.07, 6.45) is -0.0262. The molecule has 0 saturated carbocycles. The van der Waals surface area contributed by atoms with Gasteiger partial charge < -0.3 is 25.3 Å². The van der Waals surface area contributed by atoms with Gasteiger partial charge in [0, 0.05) is 12.8 Å². The van der Waals surface area contributed by atoms with Crippen LogP contribution in [0, 0.1) is 0 Å². The van der Waals surface area contributed by atoms with Crippen LogP contribution >= 0.6 is 11.8 Å². The smallest absolute Gasteiger partial charge is 0.408 e. The number of nitrogens with one attached hydrogen (secondary N) is 2. The van der Waals surface area contributed by atoms with Gasteiger partial charge in [-0.15, -0.1) is 11.8 Å². The first kappa shape index (κ1) is 23.5. The van der Waals surface area contributed by atoms with Crippen molar-refractivity contribution in [1.82, 2.24) is 10.6 Å². The largest absolute Gasteiger partial charge is 0.508 e. The van der Waals surface area contributed by atoms with Gasteiger partial charge in [-0.2, -0.15) is 0 Å². The summed E-state index contributed by atoms with van der Waals surface area (Å²) in [4.78, 5) is 30.6. The third kappa shape index (κ3) is 7.49. The molecule has 32 heavy (non-hydrogen) atoms. The molecule has 0 aromatic heterocycles. The second kappa shape index (κ2) is 12.0. The molecular weight excluding hydrogens is 430 g/mol. The highest BCUT2D eigenvalue weighted by molar-refractivity contribution is 8.13. The highest BCUT2D eigenvalue weighted by atomic mass is 32.2. The van der Waals surface area contributed by atoms with E-state index in [4.69, 9.17) is 9.57 Å². The van der Waals surface area contributed by atoms with E-state index in [0.29, 0.717) is 6.42 Å². The molecule has 2 amide bonds. The molecule has 3 N–H and O–H groups in total. The lowest BCUT2D eigenvalue weighted by Gasteiger charge is -2.19. The van der Waals surface area contributed by atoms with E-state index in [1.807, 2.05) is 37.3 Å². The van der Waals surface area contributed by atoms with Gasteiger partial charge in [0.1, 0.15) is 23.4 Å². The van der Waals surface area contributed by atoms with Gasteiger partial charge in [-0.25, -0.2) is 4.79 Å². The van der Waals surface area contributed by atoms with E-state index in [1.165, 1.54) is 12.1 Å². The number of phenolic OH excluding ortho intramolecular Hbond substituents is 1. The number of carbonyl (C=O) groups excluding carboxylic acids is 2. The maximum atomic E-state index is 12.9. The average Bonchev–Trinajstić information content (AvgIpc) is 3.25. The Bertz CT molecular complexity index is 921. The quantitative estimate of drug-likeness (QED) is 0.534. The van der Waals surface area contributed by atoms with E-state index in [0.717, 1.165) is 21.9 Å². The Hall–Kier alpha value is -3.20. The molecular formula is C23H27N3O5S. The number of phenols is 1. The summed E-state index contributed by atoms with van der Waals surface area (Å²) in [5, 5.41) is 19.9. The molecule has 0 spiro atoms. The van der Waals surface area contributed by atoms with E-state index < -0.39 is 12.1 Å². The molecule has 2 aromatic rings. The zero-order valence-electron chi connectivity index (χ0n) is 17.8. The molecule has 1 unspecified atom stereocenters. The number of hydrogen-bond donors (Lipinski definition) is 3. The van der Waals surface area contributed by atoms with Gasteiger partial charge in [-0.3, -0.25) is 4.79 Å². The second-order valence-electron chi connectivity index (χ2n) is 7.22. The number of thioether (sulfide) groups is 1. The molecule has 0 aliphatic carbocycles. The van der Waals surface area contributed by atoms with Crippen LogP contribution in [0.5, 0.6) is 5.75 Å². The van der Waals surface area contributed by atoms with Crippen molar-refractivity contribution in [3.8, 4) is 5.75 Å². The van der Waals surface area contributed by atoms with E-state index >= 15 is 0 Å². The molecule has 1 heterocycles. The van der Waals surface area contributed by atoms with Crippen LogP contribution in [0.25, 0.3) is 0 Å². The Balaban J connectivity index is 1.56. The van der Waals surface area contributed by atoms with Crippen LogP contribution in [0.15, 0.2) is 59.8 Å². The zero-order valence-corrected chi connectivity index (χ0v) is 18.6. The number of carbonyl (C=O) groups is 2. The van der Waals surface area contributed by atoms with Crippen LogP contribution in [-0.2, 0) is 27.4 Å². The van der Waals surface area contributed by atoms with Gasteiger partial charge in [0.25, 0.3) is 0 Å². The Morgan fingerprint density at radius 1 is 1.19 bits per heavy atom. The fourth-order valence-corrected chi connectivity index (χ4v) is 3.82. The molecule has 1 aliphatic rings. The van der Waals surface area contributed by atoms with Gasteiger partial charge >= 0.3 is 6.09 Å². The van der Waals surface area contributed by atoms with E-state index in [1.54, 1.807) is 23.9 Å². The van der Waals surface area contributed by atoms with Crippen LogP contribution in [0.3, 0.4) is 0 Å². The van der Waals surface area contributed by atoms with Gasteiger partial charge in [0.15, 0.2) is 6.10 Å². The predicted molar refractivity (Wildman–Crippen MR) is 123 cm³/mol. The minimum atomic E-state index is -0.852. The average molecular weight is 458 g/mol. The van der Waals surface area contributed by atoms with Crippen molar-refractivity contribution >= 4 is 28.8 Å². The number of ether oxygens (including phenoxy) is 1. The maximum absolute atomic E-state index is 12.9. The van der Waals surface area contributed by atoms with Crippen molar-refractivity contribution in [3.63, 3.8) is 0 Å². The molecule has 2 aromatic carbocycles. The molecule has 1 aliphatic heterocycles. The summed E-state index contributed by atoms with van der Waals surface area (Å²) in [6, 6.07) is 14.9. The predicted octanol–water partition coefficient (Wildman–Crippen LogP) is 3.20. The molecule has 0 radical (unpaired) electrons. The van der Waals surface area contributed by atoms with Gasteiger partial charge in [-0.05, 0) is 29.0 Å². The summed E-state index contributed by atoms with van der Waals surface area (Å²) in [5.41, 5.74) is 1.63. The van der Waals surface area contributed by atoms with Gasteiger partial charge in [0.05, 0.1) is 6.54 Å². The third-order valence-electron chi connectivity index (χ3n) is 4.72. The molecule has 0 bridgehead atoms. The van der Waals surface area contributed by atoms with E-state index in [-0.39, 0.29) is 37.3 Å².